The van der Waals surface area contributed by atoms with Gasteiger partial charge in [0.2, 0.25) is 0 Å². The number of aromatic nitrogens is 2. The molecule has 1 N–H and O–H groups in total. The fourth-order valence-electron chi connectivity index (χ4n) is 1.84. The molecule has 0 aliphatic carbocycles. The second-order valence-electron chi connectivity index (χ2n) is 4.56. The molecule has 0 spiro atoms. The highest BCUT2D eigenvalue weighted by Gasteiger charge is 2.06. The molecule has 0 aliphatic rings. The number of aryl methyl sites for hydroxylation is 2. The molecule has 4 nitrogen and oxygen atoms in total. The van der Waals surface area contributed by atoms with Gasteiger partial charge in [-0.3, -0.25) is 0 Å². The van der Waals surface area contributed by atoms with E-state index in [4.69, 9.17) is 16.3 Å². The van der Waals surface area contributed by atoms with Gasteiger partial charge in [-0.1, -0.05) is 23.7 Å². The first kappa shape index (κ1) is 14.6. The quantitative estimate of drug-likeness (QED) is 0.917. The van der Waals surface area contributed by atoms with E-state index in [1.807, 2.05) is 32.0 Å². The Morgan fingerprint density at radius 2 is 1.95 bits per heavy atom. The van der Waals surface area contributed by atoms with E-state index in [0.29, 0.717) is 11.0 Å². The zero-order chi connectivity index (χ0) is 14.5. The molecule has 0 aliphatic heterocycles. The van der Waals surface area contributed by atoms with Gasteiger partial charge in [0.1, 0.15) is 5.75 Å². The molecule has 20 heavy (non-hydrogen) atoms. The number of ether oxygens (including phenoxy) is 1. The lowest BCUT2D eigenvalue weighted by molar-refractivity contribution is 0.414. The van der Waals surface area contributed by atoms with Crippen molar-refractivity contribution in [3.63, 3.8) is 0 Å². The van der Waals surface area contributed by atoms with Crippen molar-refractivity contribution in [1.82, 2.24) is 9.97 Å². The van der Waals surface area contributed by atoms with Gasteiger partial charge in [-0.15, -0.1) is 0 Å². The molecule has 0 saturated carbocycles. The number of halogens is 1. The van der Waals surface area contributed by atoms with Crippen molar-refractivity contribution in [3.05, 3.63) is 46.4 Å². The second-order valence-corrected chi connectivity index (χ2v) is 4.92. The number of rotatable bonds is 5. The number of nitrogens with one attached hydrogen (secondary N) is 1. The summed E-state index contributed by atoms with van der Waals surface area (Å²) in [6, 6.07) is 8.01. The number of hydrogen-bond acceptors (Lipinski definition) is 4. The Bertz CT molecular complexity index is 602. The van der Waals surface area contributed by atoms with Crippen molar-refractivity contribution in [2.45, 2.75) is 20.3 Å². The SMILES string of the molecule is COc1cccc(CCNc2nc(C)c(C)nc2Cl)c1. The standard InChI is InChI=1S/C15H18ClN3O/c1-10-11(2)19-15(14(16)18-10)17-8-7-12-5-4-6-13(9-12)20-3/h4-6,9H,7-8H2,1-3H3,(H,17,19). The summed E-state index contributed by atoms with van der Waals surface area (Å²) in [6.45, 7) is 4.56. The molecule has 0 saturated heterocycles. The normalized spacial score (nSPS) is 10.4. The van der Waals surface area contributed by atoms with Crippen LogP contribution in [0.25, 0.3) is 0 Å². The Morgan fingerprint density at radius 1 is 1.20 bits per heavy atom. The molecule has 0 radical (unpaired) electrons. The van der Waals surface area contributed by atoms with E-state index in [0.717, 1.165) is 30.1 Å². The van der Waals surface area contributed by atoms with Crippen molar-refractivity contribution >= 4 is 17.4 Å². The Kier molecular flexibility index (Phi) is 4.79. The molecule has 0 atom stereocenters. The van der Waals surface area contributed by atoms with Crippen LogP contribution in [0.1, 0.15) is 17.0 Å². The second kappa shape index (κ2) is 6.57. The van der Waals surface area contributed by atoms with Crippen LogP contribution in [-0.2, 0) is 6.42 Å². The minimum atomic E-state index is 0.416. The maximum absolute atomic E-state index is 6.07. The highest BCUT2D eigenvalue weighted by molar-refractivity contribution is 6.31. The van der Waals surface area contributed by atoms with E-state index in [-0.39, 0.29) is 0 Å². The summed E-state index contributed by atoms with van der Waals surface area (Å²) in [5.41, 5.74) is 2.94. The van der Waals surface area contributed by atoms with E-state index in [1.54, 1.807) is 7.11 Å². The van der Waals surface area contributed by atoms with Crippen LogP contribution >= 0.6 is 11.6 Å². The van der Waals surface area contributed by atoms with Crippen molar-refractivity contribution in [1.29, 1.82) is 0 Å². The lowest BCUT2D eigenvalue weighted by atomic mass is 10.1. The number of hydrogen-bond donors (Lipinski definition) is 1. The Morgan fingerprint density at radius 3 is 2.70 bits per heavy atom. The highest BCUT2D eigenvalue weighted by atomic mass is 35.5. The van der Waals surface area contributed by atoms with Crippen molar-refractivity contribution in [2.75, 3.05) is 19.0 Å². The summed E-state index contributed by atoms with van der Waals surface area (Å²) < 4.78 is 5.20. The summed E-state index contributed by atoms with van der Waals surface area (Å²) in [5.74, 6) is 1.50. The average Bonchev–Trinajstić information content (AvgIpc) is 2.44. The molecule has 5 heteroatoms. The van der Waals surface area contributed by atoms with Gasteiger partial charge in [-0.25, -0.2) is 9.97 Å². The van der Waals surface area contributed by atoms with E-state index < -0.39 is 0 Å². The first-order valence-electron chi connectivity index (χ1n) is 6.47. The summed E-state index contributed by atoms with van der Waals surface area (Å²) in [5, 5.41) is 3.64. The predicted octanol–water partition coefficient (Wildman–Crippen LogP) is 3.41. The molecule has 0 bridgehead atoms. The number of nitrogens with zero attached hydrogens (tertiary/aromatic N) is 2. The fourth-order valence-corrected chi connectivity index (χ4v) is 2.08. The molecule has 1 aromatic carbocycles. The van der Waals surface area contributed by atoms with Crippen molar-refractivity contribution < 1.29 is 4.74 Å². The van der Waals surface area contributed by atoms with Crippen LogP contribution in [0.2, 0.25) is 5.15 Å². The average molecular weight is 292 g/mol. The van der Waals surface area contributed by atoms with Gasteiger partial charge >= 0.3 is 0 Å². The van der Waals surface area contributed by atoms with Gasteiger partial charge in [0.15, 0.2) is 11.0 Å². The molecule has 2 aromatic rings. The van der Waals surface area contributed by atoms with Gasteiger partial charge in [-0.05, 0) is 38.0 Å². The number of methoxy groups -OCH3 is 1. The summed E-state index contributed by atoms with van der Waals surface area (Å²) in [6.07, 6.45) is 0.863. The molecule has 2 rings (SSSR count). The first-order valence-corrected chi connectivity index (χ1v) is 6.85. The Labute approximate surface area is 124 Å². The van der Waals surface area contributed by atoms with Crippen LogP contribution in [0.5, 0.6) is 5.75 Å². The molecule has 1 aromatic heterocycles. The largest absolute Gasteiger partial charge is 0.497 e. The van der Waals surface area contributed by atoms with Gasteiger partial charge in [0.05, 0.1) is 18.5 Å². The van der Waals surface area contributed by atoms with Crippen LogP contribution in [0, 0.1) is 13.8 Å². The number of benzene rings is 1. The zero-order valence-corrected chi connectivity index (χ0v) is 12.7. The lowest BCUT2D eigenvalue weighted by Gasteiger charge is -2.09. The third-order valence-electron chi connectivity index (χ3n) is 3.10. The van der Waals surface area contributed by atoms with Crippen LogP contribution in [0.15, 0.2) is 24.3 Å². The molecular weight excluding hydrogens is 274 g/mol. The minimum Gasteiger partial charge on any atom is -0.497 e. The van der Waals surface area contributed by atoms with Crippen molar-refractivity contribution in [3.8, 4) is 5.75 Å². The van der Waals surface area contributed by atoms with Gasteiger partial charge in [-0.2, -0.15) is 0 Å². The van der Waals surface area contributed by atoms with Gasteiger partial charge in [0.25, 0.3) is 0 Å². The van der Waals surface area contributed by atoms with E-state index in [9.17, 15) is 0 Å². The van der Waals surface area contributed by atoms with Gasteiger partial charge in [0, 0.05) is 6.54 Å². The summed E-state index contributed by atoms with van der Waals surface area (Å²) in [4.78, 5) is 8.65. The van der Waals surface area contributed by atoms with E-state index >= 15 is 0 Å². The smallest absolute Gasteiger partial charge is 0.171 e. The Balaban J connectivity index is 1.97. The Hall–Kier alpha value is -1.81. The molecule has 1 heterocycles. The molecule has 106 valence electrons. The summed E-state index contributed by atoms with van der Waals surface area (Å²) in [7, 11) is 1.67. The first-order chi connectivity index (χ1) is 9.60. The van der Waals surface area contributed by atoms with E-state index in [1.165, 1.54) is 5.56 Å². The van der Waals surface area contributed by atoms with Crippen LogP contribution in [-0.4, -0.2) is 23.6 Å². The fraction of sp³-hybridized carbons (Fsp3) is 0.333. The zero-order valence-electron chi connectivity index (χ0n) is 11.9. The van der Waals surface area contributed by atoms with E-state index in [2.05, 4.69) is 21.4 Å². The molecular formula is C15H18ClN3O. The third-order valence-corrected chi connectivity index (χ3v) is 3.37. The highest BCUT2D eigenvalue weighted by Crippen LogP contribution is 2.18. The molecule has 0 unspecified atom stereocenters. The summed E-state index contributed by atoms with van der Waals surface area (Å²) >= 11 is 6.07. The monoisotopic (exact) mass is 291 g/mol. The third kappa shape index (κ3) is 3.61. The van der Waals surface area contributed by atoms with Crippen molar-refractivity contribution in [2.24, 2.45) is 0 Å². The topological polar surface area (TPSA) is 47.0 Å². The molecule has 0 fully saturated rings. The molecule has 0 amide bonds. The minimum absolute atomic E-state index is 0.416. The maximum Gasteiger partial charge on any atom is 0.171 e. The van der Waals surface area contributed by atoms with Crippen LogP contribution < -0.4 is 10.1 Å². The van der Waals surface area contributed by atoms with Crippen LogP contribution in [0.4, 0.5) is 5.82 Å². The number of anilines is 1. The lowest BCUT2D eigenvalue weighted by Crippen LogP contribution is -2.09. The predicted molar refractivity (Wildman–Crippen MR) is 81.7 cm³/mol. The maximum atomic E-state index is 6.07. The van der Waals surface area contributed by atoms with Gasteiger partial charge < -0.3 is 10.1 Å². The van der Waals surface area contributed by atoms with Crippen LogP contribution in [0.3, 0.4) is 0 Å².